The van der Waals surface area contributed by atoms with Gasteiger partial charge in [-0.3, -0.25) is 14.5 Å². The minimum Gasteiger partial charge on any atom is -0.369 e. The Kier molecular flexibility index (Phi) is 9.11. The molecular weight excluding hydrogens is 601 g/mol. The van der Waals surface area contributed by atoms with Gasteiger partial charge in [0.25, 0.3) is 5.91 Å². The predicted octanol–water partition coefficient (Wildman–Crippen LogP) is 6.68. The summed E-state index contributed by atoms with van der Waals surface area (Å²) in [5.74, 6) is 0.239. The Labute approximate surface area is 283 Å². The Bertz CT molecular complexity index is 1730. The SMILES string of the molecule is CCNC(=O)C1(CCCN2CCN(c3ccc4c(c3)C(=O)N(Cc3cccc(C)c3)CC4)CC2)c2ccccc2Sc2ccccc21. The molecule has 6 nitrogen and oxygen atoms in total. The van der Waals surface area contributed by atoms with Crippen molar-refractivity contribution < 1.29 is 9.59 Å². The lowest BCUT2D eigenvalue weighted by Crippen LogP contribution is -2.49. The van der Waals surface area contributed by atoms with Crippen LogP contribution in [0.15, 0.2) is 101 Å². The van der Waals surface area contributed by atoms with Gasteiger partial charge in [0, 0.05) is 66.9 Å². The normalized spacial score (nSPS) is 17.1. The number of fused-ring (bicyclic) bond motifs is 3. The van der Waals surface area contributed by atoms with Crippen molar-refractivity contribution in [3.05, 3.63) is 124 Å². The van der Waals surface area contributed by atoms with E-state index in [0.29, 0.717) is 13.1 Å². The number of benzene rings is 4. The molecule has 3 heterocycles. The topological polar surface area (TPSA) is 55.9 Å². The molecule has 3 aliphatic heterocycles. The summed E-state index contributed by atoms with van der Waals surface area (Å²) in [6, 6.07) is 31.8. The molecule has 0 unspecified atom stereocenters. The summed E-state index contributed by atoms with van der Waals surface area (Å²) in [5.41, 5.74) is 7.10. The first-order valence-electron chi connectivity index (χ1n) is 17.1. The van der Waals surface area contributed by atoms with Gasteiger partial charge in [-0.2, -0.15) is 0 Å². The maximum absolute atomic E-state index is 14.0. The van der Waals surface area contributed by atoms with Gasteiger partial charge in [-0.15, -0.1) is 0 Å². The number of anilines is 1. The summed E-state index contributed by atoms with van der Waals surface area (Å²) in [7, 11) is 0. The van der Waals surface area contributed by atoms with Crippen LogP contribution in [0.2, 0.25) is 0 Å². The smallest absolute Gasteiger partial charge is 0.254 e. The average molecular weight is 645 g/mol. The average Bonchev–Trinajstić information content (AvgIpc) is 3.09. The number of likely N-dealkylation sites (N-methyl/N-ethyl adjacent to an activating group) is 1. The van der Waals surface area contributed by atoms with Crippen LogP contribution < -0.4 is 10.2 Å². The maximum atomic E-state index is 14.0. The molecule has 0 spiro atoms. The Balaban J connectivity index is 1.01. The molecule has 0 saturated carbocycles. The Hall–Kier alpha value is -4.07. The number of hydrogen-bond acceptors (Lipinski definition) is 5. The largest absolute Gasteiger partial charge is 0.369 e. The van der Waals surface area contributed by atoms with Gasteiger partial charge in [0.2, 0.25) is 5.91 Å². The zero-order valence-electron chi connectivity index (χ0n) is 27.5. The summed E-state index contributed by atoms with van der Waals surface area (Å²) < 4.78 is 0. The second-order valence-corrected chi connectivity index (χ2v) is 14.2. The van der Waals surface area contributed by atoms with Crippen molar-refractivity contribution in [3.8, 4) is 0 Å². The van der Waals surface area contributed by atoms with Gasteiger partial charge in [-0.05, 0) is 86.2 Å². The van der Waals surface area contributed by atoms with Crippen LogP contribution in [0.4, 0.5) is 5.69 Å². The zero-order valence-corrected chi connectivity index (χ0v) is 28.3. The van der Waals surface area contributed by atoms with Gasteiger partial charge < -0.3 is 15.1 Å². The molecule has 0 atom stereocenters. The maximum Gasteiger partial charge on any atom is 0.254 e. The highest BCUT2D eigenvalue weighted by Crippen LogP contribution is 2.51. The molecule has 7 heteroatoms. The lowest BCUT2D eigenvalue weighted by atomic mass is 9.70. The summed E-state index contributed by atoms with van der Waals surface area (Å²) >= 11 is 1.77. The molecule has 0 radical (unpaired) electrons. The third-order valence-corrected chi connectivity index (χ3v) is 11.3. The van der Waals surface area contributed by atoms with Crippen LogP contribution in [0.1, 0.15) is 57.9 Å². The first kappa shape index (κ1) is 31.5. The summed E-state index contributed by atoms with van der Waals surface area (Å²) in [5, 5.41) is 3.20. The number of rotatable bonds is 9. The number of carbonyl (C=O) groups is 2. The summed E-state index contributed by atoms with van der Waals surface area (Å²) in [6.07, 6.45) is 2.58. The number of carbonyl (C=O) groups excluding carboxylic acids is 2. The molecule has 4 aromatic carbocycles. The molecule has 47 heavy (non-hydrogen) atoms. The molecule has 1 saturated heterocycles. The summed E-state index contributed by atoms with van der Waals surface area (Å²) in [6.45, 7) is 10.8. The van der Waals surface area contributed by atoms with E-state index in [4.69, 9.17) is 0 Å². The van der Waals surface area contributed by atoms with Gasteiger partial charge in [0.15, 0.2) is 0 Å². The van der Waals surface area contributed by atoms with Crippen LogP contribution in [0.25, 0.3) is 0 Å². The molecule has 7 rings (SSSR count). The van der Waals surface area contributed by atoms with Gasteiger partial charge in [-0.25, -0.2) is 0 Å². The number of hydrogen-bond donors (Lipinski definition) is 1. The Morgan fingerprint density at radius 1 is 0.851 bits per heavy atom. The molecule has 0 aromatic heterocycles. The van der Waals surface area contributed by atoms with E-state index in [-0.39, 0.29) is 11.8 Å². The van der Waals surface area contributed by atoms with E-state index < -0.39 is 5.41 Å². The molecule has 2 amide bonds. The Morgan fingerprint density at radius 2 is 1.57 bits per heavy atom. The van der Waals surface area contributed by atoms with E-state index >= 15 is 0 Å². The van der Waals surface area contributed by atoms with Crippen LogP contribution in [-0.4, -0.2) is 67.4 Å². The van der Waals surface area contributed by atoms with Crippen molar-refractivity contribution in [1.29, 1.82) is 0 Å². The van der Waals surface area contributed by atoms with E-state index in [1.54, 1.807) is 11.8 Å². The van der Waals surface area contributed by atoms with E-state index in [0.717, 1.165) is 86.5 Å². The number of aryl methyl sites for hydroxylation is 1. The molecule has 0 bridgehead atoms. The van der Waals surface area contributed by atoms with Crippen LogP contribution in [0, 0.1) is 6.92 Å². The van der Waals surface area contributed by atoms with E-state index in [9.17, 15) is 9.59 Å². The molecule has 4 aromatic rings. The highest BCUT2D eigenvalue weighted by atomic mass is 32.2. The minimum atomic E-state index is -0.695. The fraction of sp³-hybridized carbons (Fsp3) is 0.350. The van der Waals surface area contributed by atoms with Crippen molar-refractivity contribution >= 4 is 29.3 Å². The second-order valence-electron chi connectivity index (χ2n) is 13.1. The number of piperazine rings is 1. The predicted molar refractivity (Wildman–Crippen MR) is 190 cm³/mol. The molecule has 1 fully saturated rings. The molecular formula is C40H44N4O2S. The van der Waals surface area contributed by atoms with Crippen LogP contribution >= 0.6 is 11.8 Å². The highest BCUT2D eigenvalue weighted by Gasteiger charge is 2.46. The standard InChI is InChI=1S/C40H44N4O2S/c1-3-41-39(46)40(34-12-4-6-14-36(34)47-37-15-7-5-13-35(37)40)19-9-20-42-22-24-43(25-23-42)32-17-16-31-18-21-44(38(45)33(31)27-32)28-30-11-8-10-29(2)26-30/h4-8,10-17,26-27H,3,9,18-25,28H2,1-2H3,(H,41,46). The first-order valence-corrected chi connectivity index (χ1v) is 17.9. The molecule has 242 valence electrons. The zero-order chi connectivity index (χ0) is 32.4. The van der Waals surface area contributed by atoms with Crippen molar-refractivity contribution in [1.82, 2.24) is 15.1 Å². The first-order chi connectivity index (χ1) is 23.0. The van der Waals surface area contributed by atoms with Crippen LogP contribution in [-0.2, 0) is 23.2 Å². The van der Waals surface area contributed by atoms with E-state index in [2.05, 4.69) is 113 Å². The quantitative estimate of drug-likeness (QED) is 0.220. The fourth-order valence-electron chi connectivity index (χ4n) is 7.70. The van der Waals surface area contributed by atoms with Crippen molar-refractivity contribution in [2.45, 2.75) is 54.9 Å². The van der Waals surface area contributed by atoms with Gasteiger partial charge >= 0.3 is 0 Å². The van der Waals surface area contributed by atoms with Crippen LogP contribution in [0.3, 0.4) is 0 Å². The lowest BCUT2D eigenvalue weighted by Gasteiger charge is -2.40. The van der Waals surface area contributed by atoms with Crippen LogP contribution in [0.5, 0.6) is 0 Å². The van der Waals surface area contributed by atoms with Gasteiger partial charge in [0.05, 0.1) is 0 Å². The molecule has 3 aliphatic rings. The number of nitrogens with zero attached hydrogens (tertiary/aromatic N) is 3. The Morgan fingerprint density at radius 3 is 2.28 bits per heavy atom. The molecule has 0 aliphatic carbocycles. The summed E-state index contributed by atoms with van der Waals surface area (Å²) in [4.78, 5) is 36.9. The second kappa shape index (κ2) is 13.6. The lowest BCUT2D eigenvalue weighted by molar-refractivity contribution is -0.125. The third kappa shape index (κ3) is 6.19. The number of amides is 2. The third-order valence-electron chi connectivity index (χ3n) is 10.1. The molecule has 1 N–H and O–H groups in total. The van der Waals surface area contributed by atoms with Gasteiger partial charge in [0.1, 0.15) is 5.41 Å². The fourth-order valence-corrected chi connectivity index (χ4v) is 8.94. The van der Waals surface area contributed by atoms with Crippen molar-refractivity contribution in [3.63, 3.8) is 0 Å². The van der Waals surface area contributed by atoms with E-state index in [1.165, 1.54) is 20.9 Å². The van der Waals surface area contributed by atoms with Crippen molar-refractivity contribution in [2.24, 2.45) is 0 Å². The van der Waals surface area contributed by atoms with E-state index in [1.807, 2.05) is 11.8 Å². The minimum absolute atomic E-state index is 0.101. The number of nitrogens with one attached hydrogen (secondary N) is 1. The highest BCUT2D eigenvalue weighted by molar-refractivity contribution is 7.99. The van der Waals surface area contributed by atoms with Crippen molar-refractivity contribution in [2.75, 3.05) is 50.7 Å². The van der Waals surface area contributed by atoms with Gasteiger partial charge in [-0.1, -0.05) is 84.1 Å². The monoisotopic (exact) mass is 644 g/mol.